The summed E-state index contributed by atoms with van der Waals surface area (Å²) in [6, 6.07) is 21.4. The molecular formula is C62H63Cl2N3O22. The maximum absolute atomic E-state index is 15.3. The maximum Gasteiger partial charge on any atom is 0.303 e. The zero-order valence-electron chi connectivity index (χ0n) is 49.4. The molecule has 5 aromatic rings. The molecule has 27 heteroatoms. The van der Waals surface area contributed by atoms with Crippen molar-refractivity contribution < 1.29 is 105 Å². The lowest BCUT2D eigenvalue weighted by atomic mass is 9.95. The third-order valence-corrected chi connectivity index (χ3v) is 15.7. The summed E-state index contributed by atoms with van der Waals surface area (Å²) in [5, 5.41) is 2.17. The Labute approximate surface area is 518 Å². The van der Waals surface area contributed by atoms with Gasteiger partial charge >= 0.3 is 47.8 Å². The predicted octanol–water partition coefficient (Wildman–Crippen LogP) is 6.46. The van der Waals surface area contributed by atoms with Crippen molar-refractivity contribution in [3.63, 3.8) is 0 Å². The van der Waals surface area contributed by atoms with Crippen LogP contribution >= 0.6 is 23.2 Å². The van der Waals surface area contributed by atoms with Crippen LogP contribution in [-0.2, 0) is 85.7 Å². The molecule has 0 radical (unpaired) electrons. The summed E-state index contributed by atoms with van der Waals surface area (Å²) < 4.78 is 70.2. The Bertz CT molecular complexity index is 3430. The van der Waals surface area contributed by atoms with E-state index in [0.29, 0.717) is 44.0 Å². The number of anilines is 3. The van der Waals surface area contributed by atoms with E-state index in [2.05, 4.69) is 0 Å². The Balaban J connectivity index is 1.08. The molecule has 0 aliphatic carbocycles. The third-order valence-electron chi connectivity index (χ3n) is 15.0. The van der Waals surface area contributed by atoms with Gasteiger partial charge in [0.25, 0.3) is 11.8 Å². The van der Waals surface area contributed by atoms with E-state index in [1.807, 2.05) is 0 Å². The van der Waals surface area contributed by atoms with Crippen LogP contribution in [0, 0.1) is 0 Å². The molecule has 0 spiro atoms. The van der Waals surface area contributed by atoms with Crippen molar-refractivity contribution in [3.05, 3.63) is 101 Å². The van der Waals surface area contributed by atoms with E-state index in [1.54, 1.807) is 60.7 Å². The molecule has 4 heterocycles. The number of carbonyl (C=O) groups excluding carboxylic acids is 10. The van der Waals surface area contributed by atoms with Crippen LogP contribution in [0.1, 0.15) is 99.1 Å². The topological polar surface area (TPSA) is 314 Å². The number of nitrogens with zero attached hydrogens (tertiary/aromatic N) is 2. The quantitative estimate of drug-likeness (QED) is 0.0425. The van der Waals surface area contributed by atoms with E-state index >= 15 is 9.59 Å². The molecule has 0 bridgehead atoms. The first kappa shape index (κ1) is 64.7. The van der Waals surface area contributed by atoms with E-state index in [4.69, 9.17) is 85.8 Å². The van der Waals surface area contributed by atoms with Crippen molar-refractivity contribution in [3.8, 4) is 11.5 Å². The van der Waals surface area contributed by atoms with Gasteiger partial charge in [0.15, 0.2) is 24.4 Å². The van der Waals surface area contributed by atoms with Gasteiger partial charge in [-0.25, -0.2) is 0 Å². The number of ether oxygens (including phenoxy) is 12. The molecule has 89 heavy (non-hydrogen) atoms. The second-order valence-electron chi connectivity index (χ2n) is 21.5. The van der Waals surface area contributed by atoms with E-state index in [1.165, 1.54) is 28.0 Å². The van der Waals surface area contributed by atoms with Gasteiger partial charge in [-0.15, -0.1) is 23.2 Å². The van der Waals surface area contributed by atoms with Crippen molar-refractivity contribution in [2.45, 2.75) is 129 Å². The fourth-order valence-electron chi connectivity index (χ4n) is 11.7. The number of hydrogen-bond donors (Lipinski definition) is 1. The van der Waals surface area contributed by atoms with Crippen LogP contribution in [0.15, 0.2) is 78.9 Å². The van der Waals surface area contributed by atoms with E-state index < -0.39 is 146 Å². The zero-order valence-corrected chi connectivity index (χ0v) is 50.9. The fourth-order valence-corrected chi connectivity index (χ4v) is 12.2. The fraction of sp³-hybridized carbons (Fsp3) is 0.419. The molecule has 9 rings (SSSR count). The number of alkyl halides is 2. The monoisotopic (exact) mass is 1270 g/mol. The molecule has 2 saturated heterocycles. The average Bonchev–Trinajstić information content (AvgIpc) is 1.74. The minimum Gasteiger partial charge on any atom is -0.463 e. The number of hydrogen-bond acceptors (Lipinski definition) is 23. The number of carbonyl (C=O) groups is 10. The van der Waals surface area contributed by atoms with Crippen LogP contribution in [0.3, 0.4) is 0 Å². The Morgan fingerprint density at radius 2 is 0.775 bits per heavy atom. The van der Waals surface area contributed by atoms with Gasteiger partial charge in [-0.1, -0.05) is 48.5 Å². The number of benzene rings is 5. The molecule has 2 fully saturated rings. The Morgan fingerprint density at radius 3 is 1.10 bits per heavy atom. The molecule has 12 atom stereocenters. The van der Waals surface area contributed by atoms with Gasteiger partial charge in [-0.2, -0.15) is 0 Å². The van der Waals surface area contributed by atoms with Gasteiger partial charge in [-0.3, -0.25) is 47.9 Å². The highest BCUT2D eigenvalue weighted by atomic mass is 35.5. The van der Waals surface area contributed by atoms with Gasteiger partial charge in [-0.05, 0) is 40.1 Å². The minimum absolute atomic E-state index is 0.00996. The van der Waals surface area contributed by atoms with Gasteiger partial charge < -0.3 is 72.4 Å². The lowest BCUT2D eigenvalue weighted by molar-refractivity contribution is -0.288. The molecule has 0 aromatic heterocycles. The lowest BCUT2D eigenvalue weighted by Crippen LogP contribution is -2.63. The van der Waals surface area contributed by atoms with Gasteiger partial charge in [0, 0.05) is 132 Å². The Hall–Kier alpha value is -8.78. The van der Waals surface area contributed by atoms with Crippen molar-refractivity contribution >= 4 is 121 Å². The summed E-state index contributed by atoms with van der Waals surface area (Å²) in [5.41, 5.74) is 8.57. The van der Waals surface area contributed by atoms with Crippen molar-refractivity contribution in [1.82, 2.24) is 0 Å². The van der Waals surface area contributed by atoms with Gasteiger partial charge in [0.05, 0.1) is 11.4 Å². The number of nitrogen functional groups attached to an aromatic ring is 1. The lowest BCUT2D eigenvalue weighted by Gasteiger charge is -2.44. The molecular weight excluding hydrogens is 1210 g/mol. The normalized spacial score (nSPS) is 24.3. The smallest absolute Gasteiger partial charge is 0.303 e. The number of amides is 2. The number of fused-ring (bicyclic) bond motifs is 6. The highest BCUT2D eigenvalue weighted by Crippen LogP contribution is 2.49. The first-order chi connectivity index (χ1) is 42.3. The average molecular weight is 1270 g/mol. The molecule has 10 unspecified atom stereocenters. The van der Waals surface area contributed by atoms with Crippen LogP contribution < -0.4 is 25.0 Å². The number of halogens is 2. The van der Waals surface area contributed by atoms with Crippen LogP contribution in [0.25, 0.3) is 21.5 Å². The first-order valence-electron chi connectivity index (χ1n) is 28.1. The van der Waals surface area contributed by atoms with E-state index in [9.17, 15) is 38.4 Å². The van der Waals surface area contributed by atoms with Gasteiger partial charge in [0.1, 0.15) is 36.9 Å². The number of esters is 8. The molecule has 4 aliphatic rings. The summed E-state index contributed by atoms with van der Waals surface area (Å²) in [6.45, 7) is 7.89. The number of nitrogens with two attached hydrogens (primary N) is 1. The van der Waals surface area contributed by atoms with Crippen LogP contribution in [0.2, 0.25) is 0 Å². The van der Waals surface area contributed by atoms with Crippen LogP contribution in [0.5, 0.6) is 11.5 Å². The highest BCUT2D eigenvalue weighted by Gasteiger charge is 2.55. The van der Waals surface area contributed by atoms with E-state index in [-0.39, 0.29) is 53.2 Å². The highest BCUT2D eigenvalue weighted by molar-refractivity contribution is 6.20. The largest absolute Gasteiger partial charge is 0.463 e. The summed E-state index contributed by atoms with van der Waals surface area (Å²) in [7, 11) is 0. The second-order valence-corrected chi connectivity index (χ2v) is 22.1. The second kappa shape index (κ2) is 27.3. The summed E-state index contributed by atoms with van der Waals surface area (Å²) in [4.78, 5) is 133. The predicted molar refractivity (Wildman–Crippen MR) is 314 cm³/mol. The zero-order chi connectivity index (χ0) is 64.3. The van der Waals surface area contributed by atoms with Crippen LogP contribution in [0.4, 0.5) is 17.1 Å². The molecule has 2 N–H and O–H groups in total. The minimum atomic E-state index is -1.64. The molecule has 4 aliphatic heterocycles. The Kier molecular flexibility index (Phi) is 19.8. The van der Waals surface area contributed by atoms with E-state index in [0.717, 1.165) is 55.4 Å². The SMILES string of the molecule is CC(=O)OCC1OC(Oc2cc3c(c4ccccc24)[C@H](CCl)CN3C(=O)c2cc(N)cc(C(=O)N3C[C@@H](CCl)c4c3cc(OC3OC(COC(C)=O)C(OC(C)=O)C(OC(C)=O)C3OC(C)=O)c3ccccc43)c2)C(OC(C)=O)C(OC(C)=O)C1OC(C)=O. The summed E-state index contributed by atoms with van der Waals surface area (Å²) >= 11 is 13.4. The van der Waals surface area contributed by atoms with Gasteiger partial charge in [0.2, 0.25) is 24.8 Å². The summed E-state index contributed by atoms with van der Waals surface area (Å²) in [6.07, 6.45) is -15.2. The summed E-state index contributed by atoms with van der Waals surface area (Å²) in [5.74, 6) is -8.40. The molecule has 472 valence electrons. The van der Waals surface area contributed by atoms with Crippen LogP contribution in [-0.4, -0.2) is 159 Å². The first-order valence-corrected chi connectivity index (χ1v) is 29.1. The Morgan fingerprint density at radius 1 is 0.449 bits per heavy atom. The molecule has 5 aromatic carbocycles. The van der Waals surface area contributed by atoms with Crippen molar-refractivity contribution in [2.24, 2.45) is 0 Å². The van der Waals surface area contributed by atoms with Crippen molar-refractivity contribution in [1.29, 1.82) is 0 Å². The van der Waals surface area contributed by atoms with Crippen molar-refractivity contribution in [2.75, 3.05) is 53.6 Å². The standard InChI is InChI=1S/C62H63Cl2N3O22/c1-28(68)78-26-49-53(80-30(3)70)55(82-32(5)72)57(84-34(7)74)61(88-49)86-47-20-45-51(43-15-11-9-13-41(43)47)38(22-63)24-66(45)59(76)36-17-37(19-40(65)18-36)60(77)67-25-39(23-64)52-44-16-12-10-14-42(44)48(21-46(52)67)87-62-58(85-35(8)75)56(83-33(6)73)54(81-31(4)71)50(89-62)27-79-29(2)69/h9-21,38-39,49-50,53-58,61-62H,22-27,65H2,1-8H3/t38-,39-,49?,50?,53?,54?,55?,56?,57?,58?,61?,62?/m1/s1. The number of rotatable bonds is 18. The maximum atomic E-state index is 15.3. The third kappa shape index (κ3) is 14.1. The molecule has 0 saturated carbocycles. The molecule has 2 amide bonds. The molecule has 25 nitrogen and oxygen atoms in total.